The van der Waals surface area contributed by atoms with Crippen molar-refractivity contribution in [3.05, 3.63) is 35.6 Å². The highest BCUT2D eigenvalue weighted by Crippen LogP contribution is 2.22. The number of halogens is 2. The highest BCUT2D eigenvalue weighted by Gasteiger charge is 2.20. The minimum absolute atomic E-state index is 0. The summed E-state index contributed by atoms with van der Waals surface area (Å²) in [6, 6.07) is 6.89. The molecular formula is C16H25ClFNO. The molecule has 0 radical (unpaired) electrons. The van der Waals surface area contributed by atoms with E-state index in [1.165, 1.54) is 18.4 Å². The van der Waals surface area contributed by atoms with Gasteiger partial charge < -0.3 is 10.0 Å². The third-order valence-electron chi connectivity index (χ3n) is 4.03. The molecule has 4 heteroatoms. The van der Waals surface area contributed by atoms with Gasteiger partial charge in [0.1, 0.15) is 5.82 Å². The first-order chi connectivity index (χ1) is 9.17. The summed E-state index contributed by atoms with van der Waals surface area (Å²) >= 11 is 0. The number of benzene rings is 1. The Morgan fingerprint density at radius 3 is 2.40 bits per heavy atom. The van der Waals surface area contributed by atoms with Gasteiger partial charge in [-0.15, -0.1) is 12.4 Å². The molecule has 0 spiro atoms. The number of rotatable bonds is 5. The minimum atomic E-state index is -0.156. The second-order valence-electron chi connectivity index (χ2n) is 5.86. The van der Waals surface area contributed by atoms with Crippen molar-refractivity contribution in [3.63, 3.8) is 0 Å². The van der Waals surface area contributed by atoms with Crippen molar-refractivity contribution in [2.75, 3.05) is 26.2 Å². The van der Waals surface area contributed by atoms with Gasteiger partial charge in [0, 0.05) is 13.2 Å². The van der Waals surface area contributed by atoms with E-state index < -0.39 is 0 Å². The molecule has 1 aromatic rings. The first kappa shape index (κ1) is 17.4. The van der Waals surface area contributed by atoms with Crippen LogP contribution >= 0.6 is 12.4 Å². The Kier molecular flexibility index (Phi) is 7.49. The minimum Gasteiger partial charge on any atom is -0.396 e. The highest BCUT2D eigenvalue weighted by molar-refractivity contribution is 5.85. The average Bonchev–Trinajstić information content (AvgIpc) is 2.43. The number of hydrogen-bond acceptors (Lipinski definition) is 2. The van der Waals surface area contributed by atoms with Gasteiger partial charge in [0.15, 0.2) is 0 Å². The second-order valence-corrected chi connectivity index (χ2v) is 5.86. The van der Waals surface area contributed by atoms with Crippen molar-refractivity contribution in [2.24, 2.45) is 11.8 Å². The van der Waals surface area contributed by atoms with Crippen LogP contribution in [-0.2, 0) is 6.42 Å². The van der Waals surface area contributed by atoms with Crippen molar-refractivity contribution in [1.29, 1.82) is 0 Å². The zero-order chi connectivity index (χ0) is 13.7. The SMILES string of the molecule is CC(CO)CN1CCC(Cc2ccc(F)cc2)CC1.Cl. The average molecular weight is 302 g/mol. The lowest BCUT2D eigenvalue weighted by molar-refractivity contribution is 0.135. The van der Waals surface area contributed by atoms with E-state index >= 15 is 0 Å². The summed E-state index contributed by atoms with van der Waals surface area (Å²) in [6.45, 7) is 5.60. The third-order valence-corrected chi connectivity index (χ3v) is 4.03. The Balaban J connectivity index is 0.00000200. The van der Waals surface area contributed by atoms with Crippen LogP contribution in [0, 0.1) is 17.7 Å². The van der Waals surface area contributed by atoms with Gasteiger partial charge in [0.2, 0.25) is 0 Å². The molecule has 1 saturated heterocycles. The Labute approximate surface area is 127 Å². The van der Waals surface area contributed by atoms with Crippen molar-refractivity contribution >= 4 is 12.4 Å². The maximum atomic E-state index is 12.8. The highest BCUT2D eigenvalue weighted by atomic mass is 35.5. The molecule has 1 N–H and O–H groups in total. The molecule has 1 heterocycles. The molecule has 2 rings (SSSR count). The van der Waals surface area contributed by atoms with Crippen molar-refractivity contribution in [3.8, 4) is 0 Å². The largest absolute Gasteiger partial charge is 0.396 e. The van der Waals surface area contributed by atoms with E-state index in [0.29, 0.717) is 11.8 Å². The molecule has 0 saturated carbocycles. The van der Waals surface area contributed by atoms with Gasteiger partial charge in [-0.1, -0.05) is 19.1 Å². The quantitative estimate of drug-likeness (QED) is 0.903. The molecule has 20 heavy (non-hydrogen) atoms. The van der Waals surface area contributed by atoms with E-state index in [2.05, 4.69) is 11.8 Å². The van der Waals surface area contributed by atoms with Gasteiger partial charge in [-0.2, -0.15) is 0 Å². The predicted octanol–water partition coefficient (Wildman–Crippen LogP) is 3.13. The van der Waals surface area contributed by atoms with Gasteiger partial charge in [-0.05, 0) is 61.9 Å². The van der Waals surface area contributed by atoms with E-state index in [1.54, 1.807) is 12.1 Å². The van der Waals surface area contributed by atoms with Crippen LogP contribution in [0.2, 0.25) is 0 Å². The fourth-order valence-electron chi connectivity index (χ4n) is 2.83. The number of nitrogens with zero attached hydrogens (tertiary/aromatic N) is 1. The molecule has 0 aromatic heterocycles. The van der Waals surface area contributed by atoms with Crippen LogP contribution in [0.3, 0.4) is 0 Å². The molecule has 114 valence electrons. The van der Waals surface area contributed by atoms with Crippen LogP contribution in [0.15, 0.2) is 24.3 Å². The summed E-state index contributed by atoms with van der Waals surface area (Å²) in [4.78, 5) is 2.45. The fraction of sp³-hybridized carbons (Fsp3) is 0.625. The van der Waals surface area contributed by atoms with Crippen molar-refractivity contribution < 1.29 is 9.50 Å². The number of aliphatic hydroxyl groups excluding tert-OH is 1. The van der Waals surface area contributed by atoms with Crippen LogP contribution in [0.1, 0.15) is 25.3 Å². The predicted molar refractivity (Wildman–Crippen MR) is 82.8 cm³/mol. The van der Waals surface area contributed by atoms with Gasteiger partial charge in [-0.25, -0.2) is 4.39 Å². The molecule has 2 nitrogen and oxygen atoms in total. The van der Waals surface area contributed by atoms with E-state index in [4.69, 9.17) is 5.11 Å². The normalized spacial score (nSPS) is 18.6. The monoisotopic (exact) mass is 301 g/mol. The number of likely N-dealkylation sites (tertiary alicyclic amines) is 1. The third kappa shape index (κ3) is 5.39. The standard InChI is InChI=1S/C16H24FNO.ClH/c1-13(12-19)11-18-8-6-15(7-9-18)10-14-2-4-16(17)5-3-14;/h2-5,13,15,19H,6-12H2,1H3;1H. The van der Waals surface area contributed by atoms with Gasteiger partial charge in [-0.3, -0.25) is 0 Å². The van der Waals surface area contributed by atoms with Crippen LogP contribution < -0.4 is 0 Å². The first-order valence-electron chi connectivity index (χ1n) is 7.25. The molecule has 1 aliphatic rings. The Hall–Kier alpha value is -0.640. The zero-order valence-electron chi connectivity index (χ0n) is 12.1. The first-order valence-corrected chi connectivity index (χ1v) is 7.25. The Bertz CT molecular complexity index is 377. The summed E-state index contributed by atoms with van der Waals surface area (Å²) in [5, 5.41) is 9.08. The molecule has 1 aliphatic heterocycles. The van der Waals surface area contributed by atoms with E-state index in [-0.39, 0.29) is 24.8 Å². The van der Waals surface area contributed by atoms with Crippen LogP contribution in [0.5, 0.6) is 0 Å². The lowest BCUT2D eigenvalue weighted by atomic mass is 9.90. The molecular weight excluding hydrogens is 277 g/mol. The summed E-state index contributed by atoms with van der Waals surface area (Å²) in [7, 11) is 0. The topological polar surface area (TPSA) is 23.5 Å². The van der Waals surface area contributed by atoms with Crippen molar-refractivity contribution in [1.82, 2.24) is 4.90 Å². The number of aliphatic hydroxyl groups is 1. The van der Waals surface area contributed by atoms with Gasteiger partial charge >= 0.3 is 0 Å². The number of hydrogen-bond donors (Lipinski definition) is 1. The number of piperidine rings is 1. The second kappa shape index (κ2) is 8.60. The van der Waals surface area contributed by atoms with E-state index in [1.807, 2.05) is 12.1 Å². The molecule has 1 atom stereocenters. The van der Waals surface area contributed by atoms with Crippen LogP contribution in [0.4, 0.5) is 4.39 Å². The molecule has 0 bridgehead atoms. The summed E-state index contributed by atoms with van der Waals surface area (Å²) in [6.07, 6.45) is 3.47. The van der Waals surface area contributed by atoms with Gasteiger partial charge in [0.05, 0.1) is 0 Å². The van der Waals surface area contributed by atoms with Crippen LogP contribution in [-0.4, -0.2) is 36.2 Å². The summed E-state index contributed by atoms with van der Waals surface area (Å²) in [5.74, 6) is 0.927. The lowest BCUT2D eigenvalue weighted by Crippen LogP contribution is -2.37. The fourth-order valence-corrected chi connectivity index (χ4v) is 2.83. The van der Waals surface area contributed by atoms with Gasteiger partial charge in [0.25, 0.3) is 0 Å². The summed E-state index contributed by atoms with van der Waals surface area (Å²) in [5.41, 5.74) is 1.24. The molecule has 1 aromatic carbocycles. The van der Waals surface area contributed by atoms with Crippen molar-refractivity contribution in [2.45, 2.75) is 26.2 Å². The molecule has 1 fully saturated rings. The zero-order valence-corrected chi connectivity index (χ0v) is 12.9. The smallest absolute Gasteiger partial charge is 0.123 e. The maximum Gasteiger partial charge on any atom is 0.123 e. The Morgan fingerprint density at radius 2 is 1.85 bits per heavy atom. The van der Waals surface area contributed by atoms with Crippen LogP contribution in [0.25, 0.3) is 0 Å². The Morgan fingerprint density at radius 1 is 1.25 bits per heavy atom. The maximum absolute atomic E-state index is 12.8. The van der Waals surface area contributed by atoms with E-state index in [9.17, 15) is 4.39 Å². The molecule has 1 unspecified atom stereocenters. The summed E-state index contributed by atoms with van der Waals surface area (Å²) < 4.78 is 12.8. The molecule has 0 amide bonds. The molecule has 0 aliphatic carbocycles. The van der Waals surface area contributed by atoms with E-state index in [0.717, 1.165) is 26.1 Å². The lowest BCUT2D eigenvalue weighted by Gasteiger charge is -2.33.